The predicted molar refractivity (Wildman–Crippen MR) is 74.3 cm³/mol. The second kappa shape index (κ2) is 5.31. The van der Waals surface area contributed by atoms with Crippen LogP contribution in [0.1, 0.15) is 26.3 Å². The van der Waals surface area contributed by atoms with E-state index in [0.29, 0.717) is 6.61 Å². The number of carbonyl (C=O) groups is 1. The lowest BCUT2D eigenvalue weighted by Gasteiger charge is -2.34. The second-order valence-corrected chi connectivity index (χ2v) is 5.91. The monoisotopic (exact) mass is 263 g/mol. The lowest BCUT2D eigenvalue weighted by atomic mass is 9.87. The molecule has 0 aliphatic carbocycles. The summed E-state index contributed by atoms with van der Waals surface area (Å²) < 4.78 is 5.16. The molecule has 0 radical (unpaired) electrons. The van der Waals surface area contributed by atoms with Crippen LogP contribution in [0.2, 0.25) is 0 Å². The SMILES string of the molecule is CC(C)(C)c1ccc(N2C(=O)COCC2CO)cc1. The van der Waals surface area contributed by atoms with E-state index >= 15 is 0 Å². The number of hydrogen-bond donors (Lipinski definition) is 1. The summed E-state index contributed by atoms with van der Waals surface area (Å²) in [5, 5.41) is 9.35. The van der Waals surface area contributed by atoms with E-state index in [9.17, 15) is 9.90 Å². The smallest absolute Gasteiger partial charge is 0.253 e. The molecule has 1 aliphatic rings. The van der Waals surface area contributed by atoms with E-state index < -0.39 is 0 Å². The van der Waals surface area contributed by atoms with E-state index in [-0.39, 0.29) is 30.6 Å². The van der Waals surface area contributed by atoms with Crippen molar-refractivity contribution in [3.8, 4) is 0 Å². The minimum atomic E-state index is -0.290. The van der Waals surface area contributed by atoms with Crippen molar-refractivity contribution in [1.82, 2.24) is 0 Å². The summed E-state index contributed by atoms with van der Waals surface area (Å²) in [4.78, 5) is 13.6. The Bertz CT molecular complexity index is 447. The van der Waals surface area contributed by atoms with Crippen molar-refractivity contribution in [2.45, 2.75) is 32.2 Å². The molecule has 1 aliphatic heterocycles. The lowest BCUT2D eigenvalue weighted by molar-refractivity contribution is -0.128. The molecule has 1 saturated heterocycles. The van der Waals surface area contributed by atoms with Crippen LogP contribution in [0, 0.1) is 0 Å². The van der Waals surface area contributed by atoms with Gasteiger partial charge in [0.15, 0.2) is 0 Å². The van der Waals surface area contributed by atoms with Crippen molar-refractivity contribution in [2.75, 3.05) is 24.7 Å². The van der Waals surface area contributed by atoms with Gasteiger partial charge in [0.2, 0.25) is 0 Å². The molecule has 0 spiro atoms. The van der Waals surface area contributed by atoms with Crippen molar-refractivity contribution in [3.05, 3.63) is 29.8 Å². The Morgan fingerprint density at radius 2 is 1.95 bits per heavy atom. The van der Waals surface area contributed by atoms with E-state index in [2.05, 4.69) is 20.8 Å². The van der Waals surface area contributed by atoms with Gasteiger partial charge in [0.05, 0.1) is 19.3 Å². The predicted octanol–water partition coefficient (Wildman–Crippen LogP) is 1.71. The maximum atomic E-state index is 11.9. The molecule has 0 bridgehead atoms. The van der Waals surface area contributed by atoms with E-state index in [4.69, 9.17) is 4.74 Å². The number of amides is 1. The Labute approximate surface area is 114 Å². The average Bonchev–Trinajstić information content (AvgIpc) is 2.37. The first-order chi connectivity index (χ1) is 8.93. The number of hydrogen-bond acceptors (Lipinski definition) is 3. The molecule has 1 N–H and O–H groups in total. The highest BCUT2D eigenvalue weighted by Crippen LogP contribution is 2.26. The molecule has 2 rings (SSSR count). The zero-order chi connectivity index (χ0) is 14.0. The highest BCUT2D eigenvalue weighted by molar-refractivity contribution is 5.95. The van der Waals surface area contributed by atoms with E-state index in [0.717, 1.165) is 5.69 Å². The van der Waals surface area contributed by atoms with Crippen LogP contribution in [-0.4, -0.2) is 36.9 Å². The van der Waals surface area contributed by atoms with Crippen LogP contribution in [0.5, 0.6) is 0 Å². The van der Waals surface area contributed by atoms with Crippen LogP contribution in [-0.2, 0) is 14.9 Å². The van der Waals surface area contributed by atoms with Crippen molar-refractivity contribution in [2.24, 2.45) is 0 Å². The number of benzene rings is 1. The van der Waals surface area contributed by atoms with Gasteiger partial charge < -0.3 is 14.7 Å². The first kappa shape index (κ1) is 14.0. The van der Waals surface area contributed by atoms with Gasteiger partial charge in [0.1, 0.15) is 6.61 Å². The normalized spacial score (nSPS) is 20.7. The Hall–Kier alpha value is -1.39. The summed E-state index contributed by atoms with van der Waals surface area (Å²) >= 11 is 0. The molecule has 1 atom stereocenters. The van der Waals surface area contributed by atoms with E-state index in [1.54, 1.807) is 4.90 Å². The first-order valence-corrected chi connectivity index (χ1v) is 6.54. The van der Waals surface area contributed by atoms with E-state index in [1.807, 2.05) is 24.3 Å². The Morgan fingerprint density at radius 1 is 1.32 bits per heavy atom. The fourth-order valence-electron chi connectivity index (χ4n) is 2.24. The summed E-state index contributed by atoms with van der Waals surface area (Å²) in [5.74, 6) is -0.103. The van der Waals surface area contributed by atoms with Crippen LogP contribution < -0.4 is 4.90 Å². The zero-order valence-corrected chi connectivity index (χ0v) is 11.7. The molecule has 0 saturated carbocycles. The largest absolute Gasteiger partial charge is 0.394 e. The van der Waals surface area contributed by atoms with Gasteiger partial charge in [0, 0.05) is 5.69 Å². The van der Waals surface area contributed by atoms with Gasteiger partial charge in [-0.05, 0) is 23.1 Å². The Balaban J connectivity index is 2.27. The number of carbonyl (C=O) groups excluding carboxylic acids is 1. The van der Waals surface area contributed by atoms with Crippen LogP contribution >= 0.6 is 0 Å². The number of morpholine rings is 1. The van der Waals surface area contributed by atoms with Gasteiger partial charge in [-0.3, -0.25) is 4.79 Å². The molecule has 1 amide bonds. The molecule has 1 unspecified atom stereocenters. The number of ether oxygens (including phenoxy) is 1. The first-order valence-electron chi connectivity index (χ1n) is 6.54. The third kappa shape index (κ3) is 2.96. The molecule has 4 heteroatoms. The quantitative estimate of drug-likeness (QED) is 0.883. The summed E-state index contributed by atoms with van der Waals surface area (Å²) in [5.41, 5.74) is 2.13. The maximum absolute atomic E-state index is 11.9. The summed E-state index contributed by atoms with van der Waals surface area (Å²) in [6, 6.07) is 7.65. The Kier molecular flexibility index (Phi) is 3.92. The third-order valence-corrected chi connectivity index (χ3v) is 3.39. The number of rotatable bonds is 2. The summed E-state index contributed by atoms with van der Waals surface area (Å²) in [7, 11) is 0. The molecule has 1 fully saturated rings. The van der Waals surface area contributed by atoms with Crippen molar-refractivity contribution >= 4 is 11.6 Å². The maximum Gasteiger partial charge on any atom is 0.253 e. The minimum absolute atomic E-state index is 0.0809. The van der Waals surface area contributed by atoms with Crippen LogP contribution in [0.15, 0.2) is 24.3 Å². The van der Waals surface area contributed by atoms with Crippen molar-refractivity contribution in [1.29, 1.82) is 0 Å². The molecule has 4 nitrogen and oxygen atoms in total. The van der Waals surface area contributed by atoms with Gasteiger partial charge in [0.25, 0.3) is 5.91 Å². The van der Waals surface area contributed by atoms with Gasteiger partial charge in [-0.2, -0.15) is 0 Å². The van der Waals surface area contributed by atoms with Crippen LogP contribution in [0.4, 0.5) is 5.69 Å². The summed E-state index contributed by atoms with van der Waals surface area (Å²) in [6.07, 6.45) is 0. The molecule has 1 aromatic rings. The number of nitrogens with zero attached hydrogens (tertiary/aromatic N) is 1. The van der Waals surface area contributed by atoms with Crippen LogP contribution in [0.3, 0.4) is 0 Å². The standard InChI is InChI=1S/C15H21NO3/c1-15(2,3)11-4-6-12(7-5-11)16-13(8-17)9-19-10-14(16)18/h4-7,13,17H,8-10H2,1-3H3. The summed E-state index contributed by atoms with van der Waals surface area (Å²) in [6.45, 7) is 6.82. The van der Waals surface area contributed by atoms with Crippen LogP contribution in [0.25, 0.3) is 0 Å². The van der Waals surface area contributed by atoms with Crippen molar-refractivity contribution in [3.63, 3.8) is 0 Å². The molecule has 1 aromatic carbocycles. The molecule has 0 aromatic heterocycles. The molecule has 19 heavy (non-hydrogen) atoms. The fraction of sp³-hybridized carbons (Fsp3) is 0.533. The minimum Gasteiger partial charge on any atom is -0.394 e. The highest BCUT2D eigenvalue weighted by Gasteiger charge is 2.29. The number of anilines is 1. The van der Waals surface area contributed by atoms with E-state index in [1.165, 1.54) is 5.56 Å². The highest BCUT2D eigenvalue weighted by atomic mass is 16.5. The Morgan fingerprint density at radius 3 is 2.47 bits per heavy atom. The number of aliphatic hydroxyl groups excluding tert-OH is 1. The van der Waals surface area contributed by atoms with Crippen molar-refractivity contribution < 1.29 is 14.6 Å². The zero-order valence-electron chi connectivity index (χ0n) is 11.7. The van der Waals surface area contributed by atoms with Gasteiger partial charge in [-0.15, -0.1) is 0 Å². The second-order valence-electron chi connectivity index (χ2n) is 5.91. The average molecular weight is 263 g/mol. The molecular formula is C15H21NO3. The lowest BCUT2D eigenvalue weighted by Crippen LogP contribution is -2.51. The van der Waals surface area contributed by atoms with Gasteiger partial charge in [-0.25, -0.2) is 0 Å². The van der Waals surface area contributed by atoms with Gasteiger partial charge >= 0.3 is 0 Å². The number of aliphatic hydroxyl groups is 1. The molecule has 1 heterocycles. The topological polar surface area (TPSA) is 49.8 Å². The third-order valence-electron chi connectivity index (χ3n) is 3.39. The molecular weight excluding hydrogens is 242 g/mol. The fourth-order valence-corrected chi connectivity index (χ4v) is 2.24. The molecule has 104 valence electrons. The van der Waals surface area contributed by atoms with Gasteiger partial charge in [-0.1, -0.05) is 32.9 Å².